The van der Waals surface area contributed by atoms with Gasteiger partial charge in [-0.2, -0.15) is 0 Å². The summed E-state index contributed by atoms with van der Waals surface area (Å²) >= 11 is 0. The van der Waals surface area contributed by atoms with Gasteiger partial charge in [0, 0.05) is 0 Å². The number of nitrogens with one attached hydrogen (secondary N) is 1. The number of ether oxygens (including phenoxy) is 1. The molecule has 3 N–H and O–H groups in total. The second-order valence-corrected chi connectivity index (χ2v) is 7.02. The molecule has 0 fully saturated rings. The quantitative estimate of drug-likeness (QED) is 0.654. The Labute approximate surface area is 157 Å². The van der Waals surface area contributed by atoms with Crippen molar-refractivity contribution in [1.29, 1.82) is 0 Å². The van der Waals surface area contributed by atoms with Crippen molar-refractivity contribution in [1.82, 2.24) is 5.32 Å². The van der Waals surface area contributed by atoms with Gasteiger partial charge < -0.3 is 15.8 Å². The SMILES string of the molecule is CC(C)C[C@H](NC(=O)[C@@H](N)CC(C)C)C(=O)OCc1ccccc1.Cl. The van der Waals surface area contributed by atoms with Crippen LogP contribution in [0.1, 0.15) is 46.1 Å². The standard InChI is InChI=1S/C19H30N2O3.ClH/c1-13(2)10-16(20)18(22)21-17(11-14(3)4)19(23)24-12-15-8-6-5-7-9-15;/h5-9,13-14,16-17H,10-12,20H2,1-4H3,(H,21,22);1H/t16-,17-;/m0./s1. The maximum atomic E-state index is 12.4. The van der Waals surface area contributed by atoms with Gasteiger partial charge >= 0.3 is 5.97 Å². The molecule has 0 spiro atoms. The lowest BCUT2D eigenvalue weighted by Gasteiger charge is -2.22. The van der Waals surface area contributed by atoms with Crippen molar-refractivity contribution >= 4 is 24.3 Å². The van der Waals surface area contributed by atoms with Crippen LogP contribution >= 0.6 is 12.4 Å². The number of rotatable bonds is 9. The van der Waals surface area contributed by atoms with E-state index in [1.807, 2.05) is 58.0 Å². The maximum absolute atomic E-state index is 12.4. The zero-order chi connectivity index (χ0) is 18.1. The average Bonchev–Trinajstić information content (AvgIpc) is 2.51. The molecular formula is C19H31ClN2O3. The van der Waals surface area contributed by atoms with Gasteiger partial charge in [-0.25, -0.2) is 4.79 Å². The third kappa shape index (κ3) is 9.46. The summed E-state index contributed by atoms with van der Waals surface area (Å²) < 4.78 is 5.36. The molecule has 1 aromatic rings. The summed E-state index contributed by atoms with van der Waals surface area (Å²) in [6.45, 7) is 8.21. The fourth-order valence-electron chi connectivity index (χ4n) is 2.41. The average molecular weight is 371 g/mol. The van der Waals surface area contributed by atoms with Crippen LogP contribution in [0.2, 0.25) is 0 Å². The third-order valence-electron chi connectivity index (χ3n) is 3.59. The second-order valence-electron chi connectivity index (χ2n) is 7.02. The van der Waals surface area contributed by atoms with Gasteiger partial charge in [-0.15, -0.1) is 12.4 Å². The highest BCUT2D eigenvalue weighted by atomic mass is 35.5. The fourth-order valence-corrected chi connectivity index (χ4v) is 2.41. The highest BCUT2D eigenvalue weighted by molar-refractivity contribution is 5.87. The Morgan fingerprint density at radius 3 is 2.12 bits per heavy atom. The van der Waals surface area contributed by atoms with E-state index < -0.39 is 18.1 Å². The van der Waals surface area contributed by atoms with Crippen LogP contribution in [0.15, 0.2) is 30.3 Å². The Hall–Kier alpha value is -1.59. The molecule has 0 saturated carbocycles. The molecule has 1 rings (SSSR count). The lowest BCUT2D eigenvalue weighted by atomic mass is 10.0. The molecule has 1 amide bonds. The summed E-state index contributed by atoms with van der Waals surface area (Å²) in [6.07, 6.45) is 1.10. The fraction of sp³-hybridized carbons (Fsp3) is 0.579. The summed E-state index contributed by atoms with van der Waals surface area (Å²) in [6, 6.07) is 8.19. The molecule has 2 atom stereocenters. The van der Waals surface area contributed by atoms with Crippen molar-refractivity contribution in [3.05, 3.63) is 35.9 Å². The summed E-state index contributed by atoms with van der Waals surface area (Å²) in [5.41, 5.74) is 6.81. The lowest BCUT2D eigenvalue weighted by molar-refractivity contribution is -0.149. The first-order chi connectivity index (χ1) is 11.3. The van der Waals surface area contributed by atoms with E-state index in [-0.39, 0.29) is 30.8 Å². The predicted octanol–water partition coefficient (Wildman–Crippen LogP) is 3.06. The van der Waals surface area contributed by atoms with Crippen LogP contribution in [0.5, 0.6) is 0 Å². The molecule has 0 heterocycles. The Balaban J connectivity index is 0.00000576. The van der Waals surface area contributed by atoms with Crippen LogP contribution in [-0.2, 0) is 20.9 Å². The van der Waals surface area contributed by atoms with E-state index in [9.17, 15) is 9.59 Å². The summed E-state index contributed by atoms with van der Waals surface area (Å²) in [5, 5.41) is 2.75. The monoisotopic (exact) mass is 370 g/mol. The molecule has 0 aliphatic carbocycles. The molecule has 0 aromatic heterocycles. The Kier molecular flexibility index (Phi) is 11.1. The largest absolute Gasteiger partial charge is 0.459 e. The van der Waals surface area contributed by atoms with Gasteiger partial charge in [-0.1, -0.05) is 58.0 Å². The Morgan fingerprint density at radius 2 is 1.60 bits per heavy atom. The van der Waals surface area contributed by atoms with Crippen molar-refractivity contribution in [2.24, 2.45) is 17.6 Å². The van der Waals surface area contributed by atoms with E-state index in [1.54, 1.807) is 0 Å². The zero-order valence-corrected chi connectivity index (χ0v) is 16.3. The third-order valence-corrected chi connectivity index (χ3v) is 3.59. The van der Waals surface area contributed by atoms with E-state index in [2.05, 4.69) is 5.32 Å². The number of hydrogen-bond acceptors (Lipinski definition) is 4. The number of carbonyl (C=O) groups is 2. The van der Waals surface area contributed by atoms with E-state index in [0.29, 0.717) is 18.8 Å². The molecule has 0 bridgehead atoms. The molecule has 0 unspecified atom stereocenters. The number of benzene rings is 1. The van der Waals surface area contributed by atoms with E-state index in [0.717, 1.165) is 5.56 Å². The number of halogens is 1. The van der Waals surface area contributed by atoms with Crippen LogP contribution in [-0.4, -0.2) is 24.0 Å². The summed E-state index contributed by atoms with van der Waals surface area (Å²) in [4.78, 5) is 24.6. The van der Waals surface area contributed by atoms with Crippen LogP contribution in [0.25, 0.3) is 0 Å². The number of esters is 1. The number of amides is 1. The number of nitrogens with two attached hydrogens (primary N) is 1. The second kappa shape index (κ2) is 11.9. The van der Waals surface area contributed by atoms with E-state index in [4.69, 9.17) is 10.5 Å². The number of hydrogen-bond donors (Lipinski definition) is 2. The molecule has 5 nitrogen and oxygen atoms in total. The first-order valence-electron chi connectivity index (χ1n) is 8.56. The highest BCUT2D eigenvalue weighted by Crippen LogP contribution is 2.10. The molecule has 0 saturated heterocycles. The van der Waals surface area contributed by atoms with Gasteiger partial charge in [0.05, 0.1) is 6.04 Å². The molecule has 0 aliphatic heterocycles. The lowest BCUT2D eigenvalue weighted by Crippen LogP contribution is -2.49. The zero-order valence-electron chi connectivity index (χ0n) is 15.5. The molecule has 25 heavy (non-hydrogen) atoms. The summed E-state index contributed by atoms with van der Waals surface area (Å²) in [5.74, 6) is -0.149. The van der Waals surface area contributed by atoms with Crippen LogP contribution in [0.3, 0.4) is 0 Å². The van der Waals surface area contributed by atoms with Crippen molar-refractivity contribution < 1.29 is 14.3 Å². The smallest absolute Gasteiger partial charge is 0.328 e. The van der Waals surface area contributed by atoms with Crippen molar-refractivity contribution in [2.75, 3.05) is 0 Å². The van der Waals surface area contributed by atoms with Crippen LogP contribution in [0, 0.1) is 11.8 Å². The molecule has 142 valence electrons. The van der Waals surface area contributed by atoms with Crippen molar-refractivity contribution in [2.45, 2.75) is 59.2 Å². The molecule has 6 heteroatoms. The van der Waals surface area contributed by atoms with Gasteiger partial charge in [-0.3, -0.25) is 4.79 Å². The van der Waals surface area contributed by atoms with Gasteiger partial charge in [0.2, 0.25) is 5.91 Å². The van der Waals surface area contributed by atoms with Gasteiger partial charge in [0.25, 0.3) is 0 Å². The maximum Gasteiger partial charge on any atom is 0.328 e. The first kappa shape index (κ1) is 23.4. The van der Waals surface area contributed by atoms with E-state index >= 15 is 0 Å². The van der Waals surface area contributed by atoms with Crippen molar-refractivity contribution in [3.63, 3.8) is 0 Å². The molecule has 0 radical (unpaired) electrons. The molecule has 1 aromatic carbocycles. The topological polar surface area (TPSA) is 81.4 Å². The van der Waals surface area contributed by atoms with Crippen molar-refractivity contribution in [3.8, 4) is 0 Å². The summed E-state index contributed by atoms with van der Waals surface area (Å²) in [7, 11) is 0. The first-order valence-corrected chi connectivity index (χ1v) is 8.56. The van der Waals surface area contributed by atoms with Crippen LogP contribution in [0.4, 0.5) is 0 Å². The molecular weight excluding hydrogens is 340 g/mol. The minimum atomic E-state index is -0.667. The minimum absolute atomic E-state index is 0. The minimum Gasteiger partial charge on any atom is -0.459 e. The number of carbonyl (C=O) groups excluding carboxylic acids is 2. The molecule has 0 aliphatic rings. The van der Waals surface area contributed by atoms with E-state index in [1.165, 1.54) is 0 Å². The van der Waals surface area contributed by atoms with Crippen LogP contribution < -0.4 is 11.1 Å². The predicted molar refractivity (Wildman–Crippen MR) is 102 cm³/mol. The Morgan fingerprint density at radius 1 is 1.04 bits per heavy atom. The van der Waals surface area contributed by atoms with Gasteiger partial charge in [0.1, 0.15) is 12.6 Å². The normalized spacial score (nSPS) is 13.1. The van der Waals surface area contributed by atoms with Gasteiger partial charge in [0.15, 0.2) is 0 Å². The van der Waals surface area contributed by atoms with Gasteiger partial charge in [-0.05, 0) is 30.2 Å². The Bertz CT molecular complexity index is 521. The highest BCUT2D eigenvalue weighted by Gasteiger charge is 2.26.